The van der Waals surface area contributed by atoms with Gasteiger partial charge in [0.25, 0.3) is 0 Å². The molecule has 0 spiro atoms. The summed E-state index contributed by atoms with van der Waals surface area (Å²) in [5.41, 5.74) is 5.58. The van der Waals surface area contributed by atoms with Gasteiger partial charge in [-0.2, -0.15) is 0 Å². The number of nitrogens with one attached hydrogen (secondary N) is 2. The molecule has 0 aliphatic carbocycles. The Morgan fingerprint density at radius 2 is 1.67 bits per heavy atom. The predicted octanol–water partition coefficient (Wildman–Crippen LogP) is 3.74. The first kappa shape index (κ1) is 30.9. The number of ether oxygens (including phenoxy) is 1. The maximum Gasteiger partial charge on any atom is 0.408 e. The molecule has 0 aromatic heterocycles. The van der Waals surface area contributed by atoms with Crippen LogP contribution < -0.4 is 16.4 Å². The number of hydrogen-bond donors (Lipinski definition) is 3. The van der Waals surface area contributed by atoms with E-state index in [2.05, 4.69) is 10.6 Å². The Morgan fingerprint density at radius 3 is 2.17 bits per heavy atom. The SMILES string of the molecule is CCCCN(C(=O)C(CCC(N)=O)NC(=O)OC(C)(C)C)C(C(=O)NC(C)(C)C)c1ccccc1C. The quantitative estimate of drug-likeness (QED) is 0.423. The first-order valence-electron chi connectivity index (χ1n) is 12.5. The van der Waals surface area contributed by atoms with Crippen LogP contribution in [0.1, 0.15) is 91.3 Å². The molecule has 0 saturated carbocycles. The number of alkyl carbamates (subject to hydrolysis) is 1. The first-order chi connectivity index (χ1) is 16.6. The number of carbonyl (C=O) groups is 4. The van der Waals surface area contributed by atoms with Gasteiger partial charge in [-0.25, -0.2) is 4.79 Å². The highest BCUT2D eigenvalue weighted by Crippen LogP contribution is 2.27. The molecule has 0 fully saturated rings. The summed E-state index contributed by atoms with van der Waals surface area (Å²) in [4.78, 5) is 53.2. The van der Waals surface area contributed by atoms with E-state index in [0.717, 1.165) is 12.0 Å². The Morgan fingerprint density at radius 1 is 1.06 bits per heavy atom. The summed E-state index contributed by atoms with van der Waals surface area (Å²) >= 11 is 0. The van der Waals surface area contributed by atoms with Crippen molar-refractivity contribution in [1.29, 1.82) is 0 Å². The second kappa shape index (κ2) is 13.3. The molecule has 0 saturated heterocycles. The van der Waals surface area contributed by atoms with Crippen molar-refractivity contribution in [2.45, 2.75) is 104 Å². The van der Waals surface area contributed by atoms with Crippen LogP contribution in [-0.2, 0) is 19.1 Å². The van der Waals surface area contributed by atoms with Crippen LogP contribution in [0.4, 0.5) is 4.79 Å². The van der Waals surface area contributed by atoms with Gasteiger partial charge in [0.05, 0.1) is 0 Å². The third-order valence-corrected chi connectivity index (χ3v) is 5.25. The molecule has 36 heavy (non-hydrogen) atoms. The van der Waals surface area contributed by atoms with Crippen molar-refractivity contribution in [3.8, 4) is 0 Å². The van der Waals surface area contributed by atoms with Gasteiger partial charge in [-0.3, -0.25) is 14.4 Å². The van der Waals surface area contributed by atoms with Gasteiger partial charge >= 0.3 is 6.09 Å². The minimum atomic E-state index is -1.10. The maximum absolute atomic E-state index is 14.0. The summed E-state index contributed by atoms with van der Waals surface area (Å²) in [6.45, 7) is 14.9. The third kappa shape index (κ3) is 10.7. The molecule has 1 aromatic carbocycles. The van der Waals surface area contributed by atoms with Crippen molar-refractivity contribution in [2.24, 2.45) is 5.73 Å². The fraction of sp³-hybridized carbons (Fsp3) is 0.630. The molecule has 0 radical (unpaired) electrons. The van der Waals surface area contributed by atoms with Crippen molar-refractivity contribution < 1.29 is 23.9 Å². The molecule has 4 amide bonds. The lowest BCUT2D eigenvalue weighted by Gasteiger charge is -2.36. The number of amides is 4. The van der Waals surface area contributed by atoms with Crippen LogP contribution in [-0.4, -0.2) is 52.4 Å². The van der Waals surface area contributed by atoms with Gasteiger partial charge in [0.15, 0.2) is 0 Å². The zero-order valence-corrected chi connectivity index (χ0v) is 23.1. The fourth-order valence-corrected chi connectivity index (χ4v) is 3.67. The van der Waals surface area contributed by atoms with Crippen molar-refractivity contribution >= 4 is 23.8 Å². The standard InChI is InChI=1S/C27H44N4O5/c1-9-10-17-31(22(23(33)30-26(3,4)5)19-14-12-11-13-18(19)2)24(34)20(15-16-21(28)32)29-25(35)36-27(6,7)8/h11-14,20,22H,9-10,15-17H2,1-8H3,(H2,28,32)(H,29,35)(H,30,33). The highest BCUT2D eigenvalue weighted by atomic mass is 16.6. The Hall–Kier alpha value is -3.10. The minimum absolute atomic E-state index is 0.0165. The third-order valence-electron chi connectivity index (χ3n) is 5.25. The summed E-state index contributed by atoms with van der Waals surface area (Å²) in [6.07, 6.45) is 0.518. The minimum Gasteiger partial charge on any atom is -0.444 e. The zero-order chi connectivity index (χ0) is 27.7. The largest absolute Gasteiger partial charge is 0.444 e. The normalized spacial score (nSPS) is 13.3. The van der Waals surface area contributed by atoms with Gasteiger partial charge in [-0.05, 0) is 72.4 Å². The molecule has 1 aromatic rings. The summed E-state index contributed by atoms with van der Waals surface area (Å²) in [5.74, 6) is -1.40. The zero-order valence-electron chi connectivity index (χ0n) is 23.1. The van der Waals surface area contributed by atoms with Crippen LogP contribution in [0.15, 0.2) is 24.3 Å². The molecule has 9 nitrogen and oxygen atoms in total. The van der Waals surface area contributed by atoms with E-state index in [1.54, 1.807) is 20.8 Å². The van der Waals surface area contributed by atoms with E-state index in [-0.39, 0.29) is 25.3 Å². The lowest BCUT2D eigenvalue weighted by molar-refractivity contribution is -0.143. The molecular weight excluding hydrogens is 460 g/mol. The molecule has 9 heteroatoms. The van der Waals surface area contributed by atoms with Crippen LogP contribution in [0.2, 0.25) is 0 Å². The number of aryl methyl sites for hydroxylation is 1. The number of rotatable bonds is 11. The van der Waals surface area contributed by atoms with E-state index in [9.17, 15) is 19.2 Å². The van der Waals surface area contributed by atoms with Gasteiger partial charge in [0, 0.05) is 18.5 Å². The highest BCUT2D eigenvalue weighted by Gasteiger charge is 2.37. The molecule has 1 rings (SSSR count). The number of hydrogen-bond acceptors (Lipinski definition) is 5. The van der Waals surface area contributed by atoms with E-state index in [0.29, 0.717) is 12.0 Å². The first-order valence-corrected chi connectivity index (χ1v) is 12.5. The topological polar surface area (TPSA) is 131 Å². The highest BCUT2D eigenvalue weighted by molar-refractivity contribution is 5.93. The van der Waals surface area contributed by atoms with Gasteiger partial charge in [0.1, 0.15) is 17.7 Å². The Kier molecular flexibility index (Phi) is 11.4. The predicted molar refractivity (Wildman–Crippen MR) is 140 cm³/mol. The Bertz CT molecular complexity index is 917. The fourth-order valence-electron chi connectivity index (χ4n) is 3.67. The summed E-state index contributed by atoms with van der Waals surface area (Å²) < 4.78 is 5.35. The number of unbranched alkanes of at least 4 members (excludes halogenated alkanes) is 1. The number of nitrogens with two attached hydrogens (primary N) is 1. The number of nitrogens with zero attached hydrogens (tertiary/aromatic N) is 1. The molecule has 2 unspecified atom stereocenters. The van der Waals surface area contributed by atoms with Crippen LogP contribution in [0, 0.1) is 6.92 Å². The summed E-state index contributed by atoms with van der Waals surface area (Å²) in [6, 6.07) is 5.38. The van der Waals surface area contributed by atoms with E-state index in [4.69, 9.17) is 10.5 Å². The molecule has 4 N–H and O–H groups in total. The molecule has 0 heterocycles. The number of benzene rings is 1. The van der Waals surface area contributed by atoms with E-state index >= 15 is 0 Å². The van der Waals surface area contributed by atoms with Gasteiger partial charge in [-0.1, -0.05) is 37.6 Å². The second-order valence-corrected chi connectivity index (χ2v) is 11.1. The van der Waals surface area contributed by atoms with E-state index in [1.807, 2.05) is 58.9 Å². The number of carbonyl (C=O) groups excluding carboxylic acids is 4. The molecule has 0 aliphatic heterocycles. The molecule has 2 atom stereocenters. The number of primary amides is 1. The second-order valence-electron chi connectivity index (χ2n) is 11.1. The Labute approximate surface area is 215 Å². The monoisotopic (exact) mass is 504 g/mol. The van der Waals surface area contributed by atoms with Gasteiger partial charge < -0.3 is 26.0 Å². The van der Waals surface area contributed by atoms with Crippen LogP contribution in [0.3, 0.4) is 0 Å². The van der Waals surface area contributed by atoms with Crippen LogP contribution in [0.25, 0.3) is 0 Å². The maximum atomic E-state index is 14.0. The van der Waals surface area contributed by atoms with Gasteiger partial charge in [0.2, 0.25) is 17.7 Å². The molecule has 0 bridgehead atoms. The molecule has 0 aliphatic rings. The lowest BCUT2D eigenvalue weighted by Crippen LogP contribution is -2.55. The van der Waals surface area contributed by atoms with Crippen molar-refractivity contribution in [3.63, 3.8) is 0 Å². The van der Waals surface area contributed by atoms with Crippen molar-refractivity contribution in [3.05, 3.63) is 35.4 Å². The smallest absolute Gasteiger partial charge is 0.408 e. The van der Waals surface area contributed by atoms with Gasteiger partial charge in [-0.15, -0.1) is 0 Å². The van der Waals surface area contributed by atoms with Crippen molar-refractivity contribution in [1.82, 2.24) is 15.5 Å². The molecule has 202 valence electrons. The summed E-state index contributed by atoms with van der Waals surface area (Å²) in [7, 11) is 0. The lowest BCUT2D eigenvalue weighted by atomic mass is 9.96. The van der Waals surface area contributed by atoms with E-state index in [1.165, 1.54) is 4.90 Å². The van der Waals surface area contributed by atoms with Crippen molar-refractivity contribution in [2.75, 3.05) is 6.54 Å². The average molecular weight is 505 g/mol. The van der Waals surface area contributed by atoms with Crippen LogP contribution in [0.5, 0.6) is 0 Å². The molecular formula is C27H44N4O5. The average Bonchev–Trinajstić information content (AvgIpc) is 2.71. The summed E-state index contributed by atoms with van der Waals surface area (Å²) in [5, 5.41) is 5.60. The Balaban J connectivity index is 3.53. The van der Waals surface area contributed by atoms with Crippen LogP contribution >= 0.6 is 0 Å². The van der Waals surface area contributed by atoms with E-state index < -0.39 is 41.1 Å².